The van der Waals surface area contributed by atoms with Crippen molar-refractivity contribution >= 4 is 27.5 Å². The van der Waals surface area contributed by atoms with Gasteiger partial charge in [-0.2, -0.15) is 5.26 Å². The molecule has 1 aromatic rings. The summed E-state index contributed by atoms with van der Waals surface area (Å²) in [7, 11) is 0. The Bertz CT molecular complexity index is 332. The van der Waals surface area contributed by atoms with Gasteiger partial charge in [0.15, 0.2) is 0 Å². The van der Waals surface area contributed by atoms with Gasteiger partial charge >= 0.3 is 0 Å². The Kier molecular flexibility index (Phi) is 2.38. The fraction of sp³-hybridized carbons (Fsp3) is 0. The van der Waals surface area contributed by atoms with Crippen LogP contribution in [0.3, 0.4) is 0 Å². The van der Waals surface area contributed by atoms with Gasteiger partial charge in [-0.3, -0.25) is 0 Å². The minimum atomic E-state index is -0.0966. The van der Waals surface area contributed by atoms with Crippen molar-refractivity contribution in [3.8, 4) is 11.8 Å². The van der Waals surface area contributed by atoms with Crippen molar-refractivity contribution in [2.75, 3.05) is 0 Å². The number of phenolic OH excluding ortho intramolecular Hbond substituents is 1. The molecular formula is C7H3BrClNO. The molecule has 0 aliphatic carbocycles. The van der Waals surface area contributed by atoms with Crippen LogP contribution in [0.25, 0.3) is 0 Å². The van der Waals surface area contributed by atoms with Crippen LogP contribution in [0.2, 0.25) is 5.02 Å². The number of halogens is 2. The Hall–Kier alpha value is -0.720. The summed E-state index contributed by atoms with van der Waals surface area (Å²) < 4.78 is 0.605. The Morgan fingerprint density at radius 2 is 2.18 bits per heavy atom. The minimum Gasteiger partial charge on any atom is -0.507 e. The summed E-state index contributed by atoms with van der Waals surface area (Å²) in [5.41, 5.74) is 0.210. The van der Waals surface area contributed by atoms with Crippen molar-refractivity contribution in [1.82, 2.24) is 0 Å². The van der Waals surface area contributed by atoms with E-state index in [4.69, 9.17) is 22.0 Å². The molecule has 1 rings (SSSR count). The van der Waals surface area contributed by atoms with Gasteiger partial charge in [0.2, 0.25) is 0 Å². The van der Waals surface area contributed by atoms with Gasteiger partial charge in [0.05, 0.1) is 10.6 Å². The Morgan fingerprint density at radius 3 is 2.73 bits per heavy atom. The number of benzene rings is 1. The first-order valence-electron chi connectivity index (χ1n) is 2.73. The van der Waals surface area contributed by atoms with Crippen LogP contribution < -0.4 is 0 Å². The number of phenols is 1. The second kappa shape index (κ2) is 3.12. The van der Waals surface area contributed by atoms with Gasteiger partial charge in [0.1, 0.15) is 11.8 Å². The quantitative estimate of drug-likeness (QED) is 0.747. The standard InChI is InChI=1S/C7H3BrClNO/c8-5-1-4(3-10)7(11)2-6(5)9/h1-2,11H. The highest BCUT2D eigenvalue weighted by Gasteiger charge is 2.04. The van der Waals surface area contributed by atoms with Crippen molar-refractivity contribution in [3.05, 3.63) is 27.2 Å². The average molecular weight is 232 g/mol. The molecule has 56 valence electrons. The van der Waals surface area contributed by atoms with E-state index in [-0.39, 0.29) is 11.3 Å². The maximum atomic E-state index is 9.09. The van der Waals surface area contributed by atoms with E-state index in [2.05, 4.69) is 15.9 Å². The third-order valence-electron chi connectivity index (χ3n) is 1.16. The van der Waals surface area contributed by atoms with Gasteiger partial charge in [0.25, 0.3) is 0 Å². The highest BCUT2D eigenvalue weighted by Crippen LogP contribution is 2.29. The molecular weight excluding hydrogens is 229 g/mol. The molecule has 4 heteroatoms. The lowest BCUT2D eigenvalue weighted by Crippen LogP contribution is -1.77. The third-order valence-corrected chi connectivity index (χ3v) is 2.36. The molecule has 0 saturated heterocycles. The summed E-state index contributed by atoms with van der Waals surface area (Å²) >= 11 is 8.75. The molecule has 0 aliphatic heterocycles. The van der Waals surface area contributed by atoms with Crippen LogP contribution in [0, 0.1) is 11.3 Å². The summed E-state index contributed by atoms with van der Waals surface area (Å²) in [6.07, 6.45) is 0. The van der Waals surface area contributed by atoms with Gasteiger partial charge < -0.3 is 5.11 Å². The lowest BCUT2D eigenvalue weighted by atomic mass is 10.2. The molecule has 1 aromatic carbocycles. The fourth-order valence-electron chi connectivity index (χ4n) is 0.626. The van der Waals surface area contributed by atoms with Crippen molar-refractivity contribution in [2.24, 2.45) is 0 Å². The van der Waals surface area contributed by atoms with E-state index in [1.165, 1.54) is 12.1 Å². The van der Waals surface area contributed by atoms with Crippen LogP contribution >= 0.6 is 27.5 Å². The fourth-order valence-corrected chi connectivity index (χ4v) is 1.13. The highest BCUT2D eigenvalue weighted by molar-refractivity contribution is 9.10. The molecule has 0 aromatic heterocycles. The van der Waals surface area contributed by atoms with Gasteiger partial charge in [-0.05, 0) is 22.0 Å². The Morgan fingerprint density at radius 1 is 1.55 bits per heavy atom. The molecule has 0 radical (unpaired) electrons. The maximum absolute atomic E-state index is 9.09. The van der Waals surface area contributed by atoms with Crippen molar-refractivity contribution in [2.45, 2.75) is 0 Å². The zero-order valence-electron chi connectivity index (χ0n) is 5.31. The lowest BCUT2D eigenvalue weighted by Gasteiger charge is -1.98. The summed E-state index contributed by atoms with van der Waals surface area (Å²) in [5.74, 6) is -0.0966. The predicted octanol–water partition coefficient (Wildman–Crippen LogP) is 2.68. The second-order valence-electron chi connectivity index (χ2n) is 1.90. The van der Waals surface area contributed by atoms with E-state index < -0.39 is 0 Å². The molecule has 0 spiro atoms. The molecule has 0 heterocycles. The molecule has 1 N–H and O–H groups in total. The number of nitrogens with zero attached hydrogens (tertiary/aromatic N) is 1. The monoisotopic (exact) mass is 231 g/mol. The summed E-state index contributed by atoms with van der Waals surface area (Å²) in [4.78, 5) is 0. The zero-order chi connectivity index (χ0) is 8.43. The van der Waals surface area contributed by atoms with E-state index in [1.807, 2.05) is 6.07 Å². The molecule has 0 saturated carbocycles. The first-order chi connectivity index (χ1) is 5.15. The van der Waals surface area contributed by atoms with Gasteiger partial charge in [-0.25, -0.2) is 0 Å². The van der Waals surface area contributed by atoms with Crippen molar-refractivity contribution in [1.29, 1.82) is 5.26 Å². The molecule has 0 atom stereocenters. The summed E-state index contributed by atoms with van der Waals surface area (Å²) in [5, 5.41) is 17.9. The van der Waals surface area contributed by atoms with E-state index in [9.17, 15) is 0 Å². The number of hydrogen-bond donors (Lipinski definition) is 1. The van der Waals surface area contributed by atoms with Crippen LogP contribution in [-0.2, 0) is 0 Å². The van der Waals surface area contributed by atoms with E-state index in [1.54, 1.807) is 0 Å². The number of nitriles is 1. The van der Waals surface area contributed by atoms with E-state index >= 15 is 0 Å². The first kappa shape index (κ1) is 8.38. The van der Waals surface area contributed by atoms with Crippen molar-refractivity contribution < 1.29 is 5.11 Å². The molecule has 2 nitrogen and oxygen atoms in total. The van der Waals surface area contributed by atoms with Crippen LogP contribution in [0.1, 0.15) is 5.56 Å². The largest absolute Gasteiger partial charge is 0.507 e. The smallest absolute Gasteiger partial charge is 0.134 e. The van der Waals surface area contributed by atoms with E-state index in [0.717, 1.165) is 0 Å². The minimum absolute atomic E-state index is 0.0966. The van der Waals surface area contributed by atoms with Crippen LogP contribution in [0.15, 0.2) is 16.6 Å². The zero-order valence-corrected chi connectivity index (χ0v) is 7.65. The van der Waals surface area contributed by atoms with Crippen LogP contribution in [-0.4, -0.2) is 5.11 Å². The predicted molar refractivity (Wildman–Crippen MR) is 45.5 cm³/mol. The SMILES string of the molecule is N#Cc1cc(Br)c(Cl)cc1O. The van der Waals surface area contributed by atoms with Crippen LogP contribution in [0.5, 0.6) is 5.75 Å². The lowest BCUT2D eigenvalue weighted by molar-refractivity contribution is 0.473. The topological polar surface area (TPSA) is 44.0 Å². The molecule has 0 bridgehead atoms. The number of rotatable bonds is 0. The third kappa shape index (κ3) is 1.65. The maximum Gasteiger partial charge on any atom is 0.134 e. The van der Waals surface area contributed by atoms with Gasteiger partial charge in [-0.15, -0.1) is 0 Å². The van der Waals surface area contributed by atoms with Gasteiger partial charge in [0, 0.05) is 10.5 Å². The molecule has 11 heavy (non-hydrogen) atoms. The highest BCUT2D eigenvalue weighted by atomic mass is 79.9. The second-order valence-corrected chi connectivity index (χ2v) is 3.16. The summed E-state index contributed by atoms with van der Waals surface area (Å²) in [6, 6.07) is 4.62. The molecule has 0 fully saturated rings. The normalized spacial score (nSPS) is 9.18. The van der Waals surface area contributed by atoms with Gasteiger partial charge in [-0.1, -0.05) is 11.6 Å². The average Bonchev–Trinajstić information content (AvgIpc) is 1.97. The van der Waals surface area contributed by atoms with Crippen molar-refractivity contribution in [3.63, 3.8) is 0 Å². The first-order valence-corrected chi connectivity index (χ1v) is 3.90. The van der Waals surface area contributed by atoms with E-state index in [0.29, 0.717) is 9.50 Å². The number of aromatic hydroxyl groups is 1. The molecule has 0 amide bonds. The Balaban J connectivity index is 3.35. The summed E-state index contributed by atoms with van der Waals surface area (Å²) in [6.45, 7) is 0. The number of hydrogen-bond acceptors (Lipinski definition) is 2. The van der Waals surface area contributed by atoms with Crippen LogP contribution in [0.4, 0.5) is 0 Å². The molecule has 0 unspecified atom stereocenters. The molecule has 0 aliphatic rings. The Labute approximate surface area is 77.2 Å².